The van der Waals surface area contributed by atoms with Crippen LogP contribution in [0.2, 0.25) is 0 Å². The molecule has 1 saturated carbocycles. The minimum atomic E-state index is 0.0706. The van der Waals surface area contributed by atoms with Gasteiger partial charge in [0.25, 0.3) is 5.91 Å². The highest BCUT2D eigenvalue weighted by atomic mass is 16.5. The zero-order valence-corrected chi connectivity index (χ0v) is 17.1. The first-order valence-corrected chi connectivity index (χ1v) is 11.3. The Morgan fingerprint density at radius 3 is 2.32 bits per heavy atom. The Labute approximate surface area is 169 Å². The van der Waals surface area contributed by atoms with Gasteiger partial charge in [-0.25, -0.2) is 0 Å². The number of morpholine rings is 1. The molecule has 4 rings (SSSR count). The number of piperidine rings is 1. The third kappa shape index (κ3) is 5.06. The second kappa shape index (κ2) is 9.75. The summed E-state index contributed by atoms with van der Waals surface area (Å²) < 4.78 is 5.42. The summed E-state index contributed by atoms with van der Waals surface area (Å²) in [5, 5.41) is 3.30. The molecule has 154 valence electrons. The van der Waals surface area contributed by atoms with Gasteiger partial charge < -0.3 is 15.0 Å². The minimum Gasteiger partial charge on any atom is -0.378 e. The van der Waals surface area contributed by atoms with Gasteiger partial charge >= 0.3 is 0 Å². The van der Waals surface area contributed by atoms with E-state index in [0.29, 0.717) is 0 Å². The van der Waals surface area contributed by atoms with Gasteiger partial charge in [0.15, 0.2) is 0 Å². The van der Waals surface area contributed by atoms with Crippen molar-refractivity contribution in [3.05, 3.63) is 29.8 Å². The lowest BCUT2D eigenvalue weighted by Crippen LogP contribution is -2.50. The fourth-order valence-corrected chi connectivity index (χ4v) is 4.99. The van der Waals surface area contributed by atoms with Crippen LogP contribution in [-0.4, -0.2) is 62.3 Å². The van der Waals surface area contributed by atoms with Gasteiger partial charge in [0.2, 0.25) is 0 Å². The van der Waals surface area contributed by atoms with Crippen LogP contribution in [0.3, 0.4) is 0 Å². The zero-order valence-electron chi connectivity index (χ0n) is 17.1. The van der Waals surface area contributed by atoms with Crippen LogP contribution in [0.15, 0.2) is 24.3 Å². The molecule has 2 heterocycles. The summed E-state index contributed by atoms with van der Waals surface area (Å²) >= 11 is 0. The fourth-order valence-electron chi connectivity index (χ4n) is 4.99. The molecule has 3 aliphatic rings. The maximum absolute atomic E-state index is 12.8. The summed E-state index contributed by atoms with van der Waals surface area (Å²) in [5.74, 6) is 0.0706. The zero-order chi connectivity index (χ0) is 19.2. The summed E-state index contributed by atoms with van der Waals surface area (Å²) in [6, 6.07) is 9.08. The van der Waals surface area contributed by atoms with Crippen LogP contribution in [0, 0.1) is 0 Å². The lowest BCUT2D eigenvalue weighted by Gasteiger charge is -2.38. The van der Waals surface area contributed by atoms with Crippen LogP contribution in [0.1, 0.15) is 61.7 Å². The lowest BCUT2D eigenvalue weighted by atomic mass is 9.99. The van der Waals surface area contributed by atoms with E-state index in [-0.39, 0.29) is 11.9 Å². The molecule has 0 spiro atoms. The molecule has 0 aromatic heterocycles. The van der Waals surface area contributed by atoms with Gasteiger partial charge in [-0.3, -0.25) is 9.69 Å². The average molecular weight is 386 g/mol. The number of anilines is 1. The molecule has 0 radical (unpaired) electrons. The highest BCUT2D eigenvalue weighted by molar-refractivity contribution is 5.94. The number of nitrogens with one attached hydrogen (secondary N) is 1. The summed E-state index contributed by atoms with van der Waals surface area (Å²) in [6.45, 7) is 5.62. The van der Waals surface area contributed by atoms with E-state index >= 15 is 0 Å². The van der Waals surface area contributed by atoms with E-state index in [4.69, 9.17) is 4.74 Å². The smallest absolute Gasteiger partial charge is 0.251 e. The summed E-state index contributed by atoms with van der Waals surface area (Å²) in [4.78, 5) is 17.7. The number of carbonyl (C=O) groups excluding carboxylic acids is 1. The summed E-state index contributed by atoms with van der Waals surface area (Å²) in [5.41, 5.74) is 1.95. The highest BCUT2D eigenvalue weighted by Gasteiger charge is 2.27. The second-order valence-corrected chi connectivity index (χ2v) is 8.60. The molecule has 3 fully saturated rings. The molecule has 1 atom stereocenters. The first-order chi connectivity index (χ1) is 13.8. The molecule has 1 aromatic carbocycles. The van der Waals surface area contributed by atoms with Gasteiger partial charge in [0.05, 0.1) is 13.2 Å². The quantitative estimate of drug-likeness (QED) is 0.807. The van der Waals surface area contributed by atoms with Crippen molar-refractivity contribution in [1.82, 2.24) is 10.2 Å². The molecular weight excluding hydrogens is 350 g/mol. The van der Waals surface area contributed by atoms with E-state index in [0.717, 1.165) is 50.9 Å². The molecule has 5 heteroatoms. The molecular formula is C23H35N3O2. The van der Waals surface area contributed by atoms with E-state index in [9.17, 15) is 4.79 Å². The van der Waals surface area contributed by atoms with Crippen LogP contribution in [0.4, 0.5) is 5.69 Å². The third-order valence-electron chi connectivity index (χ3n) is 6.63. The fraction of sp³-hybridized carbons (Fsp3) is 0.696. The SMILES string of the molecule is O=C(NC1CCCN(C2CCCCCC2)C1)c1ccc(N2CCOCC2)cc1. The first-order valence-electron chi connectivity index (χ1n) is 11.3. The first kappa shape index (κ1) is 19.7. The molecule has 5 nitrogen and oxygen atoms in total. The van der Waals surface area contributed by atoms with E-state index in [2.05, 4.69) is 27.2 Å². The van der Waals surface area contributed by atoms with Crippen LogP contribution >= 0.6 is 0 Å². The molecule has 1 aromatic rings. The van der Waals surface area contributed by atoms with E-state index < -0.39 is 0 Å². The number of ether oxygens (including phenoxy) is 1. The maximum Gasteiger partial charge on any atom is 0.251 e. The van der Waals surface area contributed by atoms with Gasteiger partial charge in [-0.1, -0.05) is 25.7 Å². The number of benzene rings is 1. The van der Waals surface area contributed by atoms with Crippen molar-refractivity contribution in [2.75, 3.05) is 44.3 Å². The molecule has 1 amide bonds. The molecule has 2 aliphatic heterocycles. The third-order valence-corrected chi connectivity index (χ3v) is 6.63. The molecule has 0 bridgehead atoms. The van der Waals surface area contributed by atoms with E-state index in [1.54, 1.807) is 0 Å². The van der Waals surface area contributed by atoms with Crippen molar-refractivity contribution in [2.45, 2.75) is 63.5 Å². The molecule has 28 heavy (non-hydrogen) atoms. The number of nitrogens with zero attached hydrogens (tertiary/aromatic N) is 2. The van der Waals surface area contributed by atoms with Gasteiger partial charge in [-0.15, -0.1) is 0 Å². The number of hydrogen-bond donors (Lipinski definition) is 1. The van der Waals surface area contributed by atoms with Crippen LogP contribution < -0.4 is 10.2 Å². The predicted octanol–water partition coefficient (Wildman–Crippen LogP) is 3.44. The Kier molecular flexibility index (Phi) is 6.86. The van der Waals surface area contributed by atoms with Crippen molar-refractivity contribution in [2.24, 2.45) is 0 Å². The average Bonchev–Trinajstić information content (AvgIpc) is 3.04. The van der Waals surface area contributed by atoms with Crippen molar-refractivity contribution < 1.29 is 9.53 Å². The van der Waals surface area contributed by atoms with Gasteiger partial charge in [-0.2, -0.15) is 0 Å². The Hall–Kier alpha value is -1.59. The Morgan fingerprint density at radius 1 is 0.893 bits per heavy atom. The van der Waals surface area contributed by atoms with E-state index in [1.165, 1.54) is 57.2 Å². The minimum absolute atomic E-state index is 0.0706. The van der Waals surface area contributed by atoms with E-state index in [1.807, 2.05) is 12.1 Å². The number of rotatable bonds is 4. The topological polar surface area (TPSA) is 44.8 Å². The number of hydrogen-bond acceptors (Lipinski definition) is 4. The van der Waals surface area contributed by atoms with Gasteiger partial charge in [-0.05, 0) is 56.5 Å². The highest BCUT2D eigenvalue weighted by Crippen LogP contribution is 2.25. The Bertz CT molecular complexity index is 619. The van der Waals surface area contributed by atoms with Gasteiger partial charge in [0.1, 0.15) is 0 Å². The monoisotopic (exact) mass is 385 g/mol. The molecule has 1 N–H and O–H groups in total. The largest absolute Gasteiger partial charge is 0.378 e. The number of amides is 1. The normalized spacial score (nSPS) is 25.3. The second-order valence-electron chi connectivity index (χ2n) is 8.60. The Morgan fingerprint density at radius 2 is 1.61 bits per heavy atom. The lowest BCUT2D eigenvalue weighted by molar-refractivity contribution is 0.0860. The summed E-state index contributed by atoms with van der Waals surface area (Å²) in [6.07, 6.45) is 10.5. The van der Waals surface area contributed by atoms with Crippen molar-refractivity contribution >= 4 is 11.6 Å². The maximum atomic E-state index is 12.8. The van der Waals surface area contributed by atoms with Crippen molar-refractivity contribution in [1.29, 1.82) is 0 Å². The Balaban J connectivity index is 1.31. The van der Waals surface area contributed by atoms with Crippen molar-refractivity contribution in [3.63, 3.8) is 0 Å². The number of likely N-dealkylation sites (tertiary alicyclic amines) is 1. The molecule has 1 unspecified atom stereocenters. The van der Waals surface area contributed by atoms with Crippen LogP contribution in [-0.2, 0) is 4.74 Å². The standard InChI is InChI=1S/C23H35N3O2/c27-23(19-9-11-22(12-10-19)25-14-16-28-17-15-25)24-20-6-5-13-26(18-20)21-7-3-1-2-4-8-21/h9-12,20-21H,1-8,13-18H2,(H,24,27). The van der Waals surface area contributed by atoms with Crippen LogP contribution in [0.5, 0.6) is 0 Å². The predicted molar refractivity (Wildman–Crippen MR) is 113 cm³/mol. The number of carbonyl (C=O) groups is 1. The summed E-state index contributed by atoms with van der Waals surface area (Å²) in [7, 11) is 0. The molecule has 1 aliphatic carbocycles. The van der Waals surface area contributed by atoms with Crippen molar-refractivity contribution in [3.8, 4) is 0 Å². The molecule has 2 saturated heterocycles. The van der Waals surface area contributed by atoms with Crippen LogP contribution in [0.25, 0.3) is 0 Å². The van der Waals surface area contributed by atoms with Gasteiger partial charge in [0, 0.05) is 43.0 Å².